The molecular weight excluding hydrogens is 244 g/mol. The first-order valence-corrected chi connectivity index (χ1v) is 7.11. The van der Waals surface area contributed by atoms with Crippen molar-refractivity contribution in [3.05, 3.63) is 28.8 Å². The molecule has 0 amide bonds. The predicted octanol–water partition coefficient (Wildman–Crippen LogP) is 4.37. The Hall–Kier alpha value is -1.20. The minimum atomic E-state index is 0.564. The quantitative estimate of drug-likeness (QED) is 0.809. The van der Waals surface area contributed by atoms with Gasteiger partial charge in [-0.15, -0.1) is 0 Å². The van der Waals surface area contributed by atoms with E-state index < -0.39 is 0 Å². The van der Waals surface area contributed by atoms with Gasteiger partial charge in [0.25, 0.3) is 0 Å². The zero-order valence-corrected chi connectivity index (χ0v) is 11.6. The Balaban J connectivity index is 2.34. The molecule has 0 N–H and O–H groups in total. The Bertz CT molecular complexity index is 448. The average Bonchev–Trinajstić information content (AvgIpc) is 2.39. The van der Waals surface area contributed by atoms with Crippen molar-refractivity contribution >= 4 is 17.3 Å². The van der Waals surface area contributed by atoms with Crippen molar-refractivity contribution in [2.24, 2.45) is 0 Å². The third kappa shape index (κ3) is 2.62. The summed E-state index contributed by atoms with van der Waals surface area (Å²) in [5.74, 6) is 0. The molecule has 1 fully saturated rings. The summed E-state index contributed by atoms with van der Waals surface area (Å²) >= 11 is 6.12. The molecule has 1 aromatic rings. The number of rotatable bonds is 3. The van der Waals surface area contributed by atoms with Gasteiger partial charge in [-0.3, -0.25) is 0 Å². The van der Waals surface area contributed by atoms with Gasteiger partial charge >= 0.3 is 0 Å². The average molecular weight is 263 g/mol. The Morgan fingerprint density at radius 2 is 2.28 bits per heavy atom. The maximum Gasteiger partial charge on any atom is 0.103 e. The van der Waals surface area contributed by atoms with Crippen LogP contribution in [0.25, 0.3) is 0 Å². The molecule has 1 aliphatic heterocycles. The second kappa shape index (κ2) is 6.11. The standard InChI is InChI=1S/C15H19ClN2/c1-2-6-12-7-3-4-10-18(12)15-9-5-8-14(16)13(15)11-17/h5,8-9,12H,2-4,6-7,10H2,1H3. The van der Waals surface area contributed by atoms with Crippen LogP contribution in [0.2, 0.25) is 5.02 Å². The van der Waals surface area contributed by atoms with Crippen LogP contribution < -0.4 is 4.90 Å². The molecule has 1 unspecified atom stereocenters. The van der Waals surface area contributed by atoms with Crippen molar-refractivity contribution in [1.29, 1.82) is 5.26 Å². The first-order chi connectivity index (χ1) is 8.77. The zero-order chi connectivity index (χ0) is 13.0. The number of anilines is 1. The van der Waals surface area contributed by atoms with Gasteiger partial charge in [-0.05, 0) is 37.8 Å². The van der Waals surface area contributed by atoms with Gasteiger partial charge in [-0.1, -0.05) is 31.0 Å². The molecule has 0 saturated carbocycles. The third-order valence-electron chi connectivity index (χ3n) is 3.66. The number of piperidine rings is 1. The van der Waals surface area contributed by atoms with E-state index >= 15 is 0 Å². The largest absolute Gasteiger partial charge is 0.367 e. The van der Waals surface area contributed by atoms with E-state index in [0.717, 1.165) is 12.2 Å². The molecule has 1 atom stereocenters. The molecule has 0 radical (unpaired) electrons. The van der Waals surface area contributed by atoms with Crippen LogP contribution in [0.15, 0.2) is 18.2 Å². The summed E-state index contributed by atoms with van der Waals surface area (Å²) in [6.07, 6.45) is 6.10. The number of halogens is 1. The molecule has 0 aromatic heterocycles. The summed E-state index contributed by atoms with van der Waals surface area (Å²) in [5.41, 5.74) is 1.64. The molecule has 18 heavy (non-hydrogen) atoms. The number of benzene rings is 1. The van der Waals surface area contributed by atoms with Crippen LogP contribution in [-0.4, -0.2) is 12.6 Å². The highest BCUT2D eigenvalue weighted by atomic mass is 35.5. The Labute approximate surface area is 114 Å². The molecule has 0 spiro atoms. The van der Waals surface area contributed by atoms with Gasteiger partial charge < -0.3 is 4.90 Å². The summed E-state index contributed by atoms with van der Waals surface area (Å²) in [4.78, 5) is 2.39. The lowest BCUT2D eigenvalue weighted by molar-refractivity contribution is 0.434. The number of hydrogen-bond donors (Lipinski definition) is 0. The highest BCUT2D eigenvalue weighted by Gasteiger charge is 2.24. The van der Waals surface area contributed by atoms with Crippen LogP contribution in [0.5, 0.6) is 0 Å². The van der Waals surface area contributed by atoms with E-state index in [1.165, 1.54) is 32.1 Å². The maximum absolute atomic E-state index is 9.28. The molecule has 1 saturated heterocycles. The van der Waals surface area contributed by atoms with Crippen molar-refractivity contribution < 1.29 is 0 Å². The van der Waals surface area contributed by atoms with E-state index in [2.05, 4.69) is 17.9 Å². The monoisotopic (exact) mass is 262 g/mol. The van der Waals surface area contributed by atoms with E-state index in [0.29, 0.717) is 16.6 Å². The van der Waals surface area contributed by atoms with Gasteiger partial charge in [0.15, 0.2) is 0 Å². The molecule has 1 aromatic carbocycles. The summed E-state index contributed by atoms with van der Waals surface area (Å²) in [5, 5.41) is 9.85. The lowest BCUT2D eigenvalue weighted by atomic mass is 9.96. The predicted molar refractivity (Wildman–Crippen MR) is 76.1 cm³/mol. The third-order valence-corrected chi connectivity index (χ3v) is 3.98. The Morgan fingerprint density at radius 1 is 1.44 bits per heavy atom. The van der Waals surface area contributed by atoms with E-state index in [1.807, 2.05) is 12.1 Å². The van der Waals surface area contributed by atoms with Gasteiger partial charge in [-0.2, -0.15) is 5.26 Å². The molecule has 1 aliphatic rings. The summed E-state index contributed by atoms with van der Waals surface area (Å²) in [6.45, 7) is 3.26. The maximum atomic E-state index is 9.28. The van der Waals surface area contributed by atoms with E-state index in [4.69, 9.17) is 11.6 Å². The van der Waals surface area contributed by atoms with Crippen molar-refractivity contribution in [2.75, 3.05) is 11.4 Å². The molecule has 0 bridgehead atoms. The second-order valence-corrected chi connectivity index (χ2v) is 5.28. The topological polar surface area (TPSA) is 27.0 Å². The second-order valence-electron chi connectivity index (χ2n) is 4.88. The summed E-state index contributed by atoms with van der Waals surface area (Å²) < 4.78 is 0. The van der Waals surface area contributed by atoms with Crippen LogP contribution in [0, 0.1) is 11.3 Å². The van der Waals surface area contributed by atoms with Crippen molar-refractivity contribution in [3.63, 3.8) is 0 Å². The Kier molecular flexibility index (Phi) is 4.49. The fourth-order valence-electron chi connectivity index (χ4n) is 2.81. The van der Waals surface area contributed by atoms with Crippen LogP contribution >= 0.6 is 11.6 Å². The van der Waals surface area contributed by atoms with E-state index in [1.54, 1.807) is 6.07 Å². The summed E-state index contributed by atoms with van der Waals surface area (Å²) in [7, 11) is 0. The molecule has 2 nitrogen and oxygen atoms in total. The number of nitriles is 1. The highest BCUT2D eigenvalue weighted by molar-refractivity contribution is 6.32. The number of nitrogens with zero attached hydrogens (tertiary/aromatic N) is 2. The van der Waals surface area contributed by atoms with Gasteiger partial charge in [0.1, 0.15) is 6.07 Å². The van der Waals surface area contributed by atoms with Gasteiger partial charge in [0, 0.05) is 12.6 Å². The van der Waals surface area contributed by atoms with Crippen molar-refractivity contribution in [2.45, 2.75) is 45.1 Å². The first-order valence-electron chi connectivity index (χ1n) is 6.73. The van der Waals surface area contributed by atoms with Crippen molar-refractivity contribution in [1.82, 2.24) is 0 Å². The smallest absolute Gasteiger partial charge is 0.103 e. The molecule has 2 rings (SSSR count). The number of hydrogen-bond acceptors (Lipinski definition) is 2. The van der Waals surface area contributed by atoms with E-state index in [9.17, 15) is 5.26 Å². The molecule has 96 valence electrons. The summed E-state index contributed by atoms with van der Waals surface area (Å²) in [6, 6.07) is 8.58. The van der Waals surface area contributed by atoms with Gasteiger partial charge in [-0.25, -0.2) is 0 Å². The fourth-order valence-corrected chi connectivity index (χ4v) is 3.03. The molecule has 3 heteroatoms. The van der Waals surface area contributed by atoms with Crippen molar-refractivity contribution in [3.8, 4) is 6.07 Å². The first kappa shape index (κ1) is 13.2. The lowest BCUT2D eigenvalue weighted by Crippen LogP contribution is -2.39. The molecule has 1 heterocycles. The van der Waals surface area contributed by atoms with Gasteiger partial charge in [0.05, 0.1) is 16.3 Å². The Morgan fingerprint density at radius 3 is 3.00 bits per heavy atom. The SMILES string of the molecule is CCCC1CCCCN1c1cccc(Cl)c1C#N. The van der Waals surface area contributed by atoms with Gasteiger partial charge in [0.2, 0.25) is 0 Å². The van der Waals surface area contributed by atoms with Crippen LogP contribution in [-0.2, 0) is 0 Å². The van der Waals surface area contributed by atoms with Crippen LogP contribution in [0.3, 0.4) is 0 Å². The minimum absolute atomic E-state index is 0.564. The van der Waals surface area contributed by atoms with Crippen LogP contribution in [0.4, 0.5) is 5.69 Å². The van der Waals surface area contributed by atoms with E-state index in [-0.39, 0.29) is 0 Å². The minimum Gasteiger partial charge on any atom is -0.367 e. The molecule has 0 aliphatic carbocycles. The lowest BCUT2D eigenvalue weighted by Gasteiger charge is -2.38. The fraction of sp³-hybridized carbons (Fsp3) is 0.533. The highest BCUT2D eigenvalue weighted by Crippen LogP contribution is 2.32. The van der Waals surface area contributed by atoms with Crippen LogP contribution in [0.1, 0.15) is 44.6 Å². The zero-order valence-electron chi connectivity index (χ0n) is 10.8. The normalized spacial score (nSPS) is 19.6. The molecular formula is C15H19ClN2.